The molecule has 0 aliphatic heterocycles. The number of rotatable bonds is 5. The first-order valence-corrected chi connectivity index (χ1v) is 9.91. The Morgan fingerprint density at radius 1 is 0.935 bits per heavy atom. The van der Waals surface area contributed by atoms with Gasteiger partial charge in [0.1, 0.15) is 17.3 Å². The quantitative estimate of drug-likeness (QED) is 0.414. The van der Waals surface area contributed by atoms with Crippen molar-refractivity contribution < 1.29 is 8.78 Å². The highest BCUT2D eigenvalue weighted by Crippen LogP contribution is 2.23. The van der Waals surface area contributed by atoms with Gasteiger partial charge in [0, 0.05) is 37.8 Å². The molecule has 31 heavy (non-hydrogen) atoms. The van der Waals surface area contributed by atoms with Gasteiger partial charge in [-0.05, 0) is 36.2 Å². The number of benzene rings is 2. The third kappa shape index (κ3) is 3.82. The summed E-state index contributed by atoms with van der Waals surface area (Å²) in [5.74, 6) is 0.149. The van der Waals surface area contributed by atoms with Gasteiger partial charge >= 0.3 is 0 Å². The van der Waals surface area contributed by atoms with Crippen LogP contribution in [-0.4, -0.2) is 23.9 Å². The molecule has 0 saturated heterocycles. The second-order valence-electron chi connectivity index (χ2n) is 7.46. The topological polar surface area (TPSA) is 48.0 Å². The summed E-state index contributed by atoms with van der Waals surface area (Å²) in [6.07, 6.45) is 7.66. The Kier molecular flexibility index (Phi) is 4.78. The molecule has 3 heterocycles. The summed E-state index contributed by atoms with van der Waals surface area (Å²) in [6, 6.07) is 13.1. The summed E-state index contributed by atoms with van der Waals surface area (Å²) >= 11 is 0. The summed E-state index contributed by atoms with van der Waals surface area (Å²) in [4.78, 5) is 13.9. The van der Waals surface area contributed by atoms with Crippen molar-refractivity contribution in [3.8, 4) is 11.5 Å². The maximum Gasteiger partial charge on any atom is 0.160 e. The summed E-state index contributed by atoms with van der Waals surface area (Å²) < 4.78 is 31.4. The number of hydrogen-bond acceptors (Lipinski definition) is 3. The number of halogens is 2. The fourth-order valence-corrected chi connectivity index (χ4v) is 3.70. The van der Waals surface area contributed by atoms with E-state index in [-0.39, 0.29) is 11.6 Å². The van der Waals surface area contributed by atoms with Gasteiger partial charge in [0.2, 0.25) is 0 Å². The Morgan fingerprint density at radius 2 is 1.74 bits per heavy atom. The van der Waals surface area contributed by atoms with Crippen LogP contribution in [0.25, 0.3) is 17.2 Å². The Labute approximate surface area is 177 Å². The highest BCUT2D eigenvalue weighted by molar-refractivity contribution is 5.56. The number of imidazole rings is 2. The number of aromatic nitrogens is 5. The monoisotopic (exact) mass is 415 g/mol. The van der Waals surface area contributed by atoms with Gasteiger partial charge in [-0.3, -0.25) is 0 Å². The maximum atomic E-state index is 14.3. The predicted octanol–water partition coefficient (Wildman–Crippen LogP) is 4.82. The number of fused-ring (bicyclic) bond motifs is 1. The molecule has 3 aromatic heterocycles. The minimum Gasteiger partial charge on any atom is -0.325 e. The molecular formula is C24H19F2N5. The molecule has 0 N–H and O–H groups in total. The van der Waals surface area contributed by atoms with E-state index in [4.69, 9.17) is 4.98 Å². The van der Waals surface area contributed by atoms with Crippen molar-refractivity contribution in [2.75, 3.05) is 0 Å². The van der Waals surface area contributed by atoms with Crippen molar-refractivity contribution in [2.45, 2.75) is 19.9 Å². The first kappa shape index (κ1) is 19.1. The molecule has 5 aromatic rings. The van der Waals surface area contributed by atoms with Gasteiger partial charge in [0.25, 0.3) is 0 Å². The second-order valence-corrected chi connectivity index (χ2v) is 7.46. The van der Waals surface area contributed by atoms with Crippen LogP contribution in [0.5, 0.6) is 0 Å². The lowest BCUT2D eigenvalue weighted by Crippen LogP contribution is -2.06. The summed E-state index contributed by atoms with van der Waals surface area (Å²) in [5.41, 5.74) is 4.37. The molecule has 0 atom stereocenters. The van der Waals surface area contributed by atoms with Crippen LogP contribution in [0.2, 0.25) is 0 Å². The standard InChI is InChI=1S/C24H19F2N5/c1-16-13-31(14-17-6-8-19(25)9-7-17)24(28-16)22-15-30-11-10-27-23(30)21(29-22)12-18-4-2-3-5-20(18)26/h2-11,13,15H,12,14H2,1H3. The molecule has 5 nitrogen and oxygen atoms in total. The van der Waals surface area contributed by atoms with Crippen LogP contribution in [0.15, 0.2) is 73.3 Å². The molecule has 0 radical (unpaired) electrons. The van der Waals surface area contributed by atoms with E-state index in [0.29, 0.717) is 41.4 Å². The lowest BCUT2D eigenvalue weighted by atomic mass is 10.1. The van der Waals surface area contributed by atoms with Crippen LogP contribution in [0.3, 0.4) is 0 Å². The number of aryl methyl sites for hydroxylation is 1. The van der Waals surface area contributed by atoms with Crippen molar-refractivity contribution in [1.82, 2.24) is 23.9 Å². The summed E-state index contributed by atoms with van der Waals surface area (Å²) in [5, 5.41) is 0. The van der Waals surface area contributed by atoms with Crippen molar-refractivity contribution in [3.05, 3.63) is 107 Å². The Bertz CT molecular complexity index is 1370. The summed E-state index contributed by atoms with van der Waals surface area (Å²) in [7, 11) is 0. The zero-order valence-corrected chi connectivity index (χ0v) is 16.8. The van der Waals surface area contributed by atoms with Gasteiger partial charge in [-0.15, -0.1) is 0 Å². The predicted molar refractivity (Wildman–Crippen MR) is 114 cm³/mol. The molecule has 154 valence electrons. The highest BCUT2D eigenvalue weighted by Gasteiger charge is 2.16. The Balaban J connectivity index is 1.58. The molecule has 5 rings (SSSR count). The van der Waals surface area contributed by atoms with Crippen LogP contribution >= 0.6 is 0 Å². The molecule has 2 aromatic carbocycles. The van der Waals surface area contributed by atoms with E-state index >= 15 is 0 Å². The molecule has 0 aliphatic rings. The Hall–Kier alpha value is -3.87. The van der Waals surface area contributed by atoms with Crippen LogP contribution in [-0.2, 0) is 13.0 Å². The average molecular weight is 415 g/mol. The van der Waals surface area contributed by atoms with Gasteiger partial charge in [-0.25, -0.2) is 23.7 Å². The van der Waals surface area contributed by atoms with Gasteiger partial charge in [-0.2, -0.15) is 0 Å². The van der Waals surface area contributed by atoms with Crippen LogP contribution in [0, 0.1) is 18.6 Å². The van der Waals surface area contributed by atoms with E-state index in [1.54, 1.807) is 30.5 Å². The lowest BCUT2D eigenvalue weighted by Gasteiger charge is -2.11. The fraction of sp³-hybridized carbons (Fsp3) is 0.125. The molecule has 0 fully saturated rings. The van der Waals surface area contributed by atoms with E-state index in [2.05, 4.69) is 9.97 Å². The van der Waals surface area contributed by atoms with E-state index in [0.717, 1.165) is 11.3 Å². The van der Waals surface area contributed by atoms with Gasteiger partial charge in [0.15, 0.2) is 11.5 Å². The average Bonchev–Trinajstić information content (AvgIpc) is 3.38. The maximum absolute atomic E-state index is 14.3. The molecule has 0 spiro atoms. The van der Waals surface area contributed by atoms with Crippen LogP contribution in [0.1, 0.15) is 22.5 Å². The van der Waals surface area contributed by atoms with Crippen molar-refractivity contribution in [3.63, 3.8) is 0 Å². The first-order chi connectivity index (χ1) is 15.1. The molecule has 7 heteroatoms. The molecule has 0 bridgehead atoms. The minimum absolute atomic E-state index is 0.268. The molecule has 0 aliphatic carbocycles. The van der Waals surface area contributed by atoms with Crippen molar-refractivity contribution >= 4 is 5.65 Å². The molecular weight excluding hydrogens is 396 g/mol. The van der Waals surface area contributed by atoms with Crippen LogP contribution < -0.4 is 0 Å². The normalized spacial score (nSPS) is 11.3. The van der Waals surface area contributed by atoms with E-state index < -0.39 is 0 Å². The summed E-state index contributed by atoms with van der Waals surface area (Å²) in [6.45, 7) is 2.45. The van der Waals surface area contributed by atoms with Gasteiger partial charge in [0.05, 0.1) is 11.4 Å². The first-order valence-electron chi connectivity index (χ1n) is 9.91. The van der Waals surface area contributed by atoms with E-state index in [1.807, 2.05) is 40.5 Å². The van der Waals surface area contributed by atoms with E-state index in [9.17, 15) is 8.78 Å². The fourth-order valence-electron chi connectivity index (χ4n) is 3.70. The third-order valence-corrected chi connectivity index (χ3v) is 5.15. The smallest absolute Gasteiger partial charge is 0.160 e. The largest absolute Gasteiger partial charge is 0.325 e. The van der Waals surface area contributed by atoms with Crippen molar-refractivity contribution in [2.24, 2.45) is 0 Å². The van der Waals surface area contributed by atoms with Crippen molar-refractivity contribution in [1.29, 1.82) is 0 Å². The number of hydrogen-bond donors (Lipinski definition) is 0. The SMILES string of the molecule is Cc1cn(Cc2ccc(F)cc2)c(-c2cn3ccnc3c(Cc3ccccc3F)n2)n1. The van der Waals surface area contributed by atoms with Crippen LogP contribution in [0.4, 0.5) is 8.78 Å². The zero-order chi connectivity index (χ0) is 21.4. The third-order valence-electron chi connectivity index (χ3n) is 5.15. The lowest BCUT2D eigenvalue weighted by molar-refractivity contribution is 0.613. The Morgan fingerprint density at radius 3 is 2.55 bits per heavy atom. The minimum atomic E-state index is -0.270. The van der Waals surface area contributed by atoms with Gasteiger partial charge < -0.3 is 8.97 Å². The van der Waals surface area contributed by atoms with E-state index in [1.165, 1.54) is 18.2 Å². The second kappa shape index (κ2) is 7.75. The molecule has 0 amide bonds. The number of nitrogens with zero attached hydrogens (tertiary/aromatic N) is 5. The highest BCUT2D eigenvalue weighted by atomic mass is 19.1. The van der Waals surface area contributed by atoms with Gasteiger partial charge in [-0.1, -0.05) is 30.3 Å². The molecule has 0 unspecified atom stereocenters. The zero-order valence-electron chi connectivity index (χ0n) is 16.8. The molecule has 0 saturated carbocycles.